The molecule has 0 saturated carbocycles. The Morgan fingerprint density at radius 3 is 2.34 bits per heavy atom. The molecule has 0 spiro atoms. The summed E-state index contributed by atoms with van der Waals surface area (Å²) in [5.74, 6) is -0.0334. The number of nitrogens with one attached hydrogen (secondary N) is 1. The van der Waals surface area contributed by atoms with Crippen LogP contribution in [0.4, 0.5) is 0 Å². The van der Waals surface area contributed by atoms with Gasteiger partial charge in [0, 0.05) is 29.6 Å². The minimum Gasteiger partial charge on any atom is -0.483 e. The van der Waals surface area contributed by atoms with E-state index >= 15 is 0 Å². The third-order valence-corrected chi connectivity index (χ3v) is 7.33. The quantitative estimate of drug-likeness (QED) is 0.261. The van der Waals surface area contributed by atoms with Gasteiger partial charge in [-0.25, -0.2) is 0 Å². The summed E-state index contributed by atoms with van der Waals surface area (Å²) in [7, 11) is 0. The van der Waals surface area contributed by atoms with Crippen molar-refractivity contribution in [2.24, 2.45) is 0 Å². The Morgan fingerprint density at radius 1 is 1.03 bits per heavy atom. The first-order valence-corrected chi connectivity index (χ1v) is 14.0. The van der Waals surface area contributed by atoms with E-state index in [1.807, 2.05) is 55.5 Å². The number of nitrogens with zero attached hydrogens (tertiary/aromatic N) is 1. The highest BCUT2D eigenvalue weighted by Crippen LogP contribution is 2.32. The zero-order valence-corrected chi connectivity index (χ0v) is 25.2. The lowest BCUT2D eigenvalue weighted by Crippen LogP contribution is -2.51. The van der Waals surface area contributed by atoms with Crippen LogP contribution in [-0.2, 0) is 28.0 Å². The van der Waals surface area contributed by atoms with E-state index in [0.29, 0.717) is 34.3 Å². The van der Waals surface area contributed by atoms with Crippen molar-refractivity contribution < 1.29 is 14.3 Å². The lowest BCUT2D eigenvalue weighted by molar-refractivity contribution is -0.142. The molecule has 0 aliphatic carbocycles. The first-order valence-electron chi connectivity index (χ1n) is 12.5. The van der Waals surface area contributed by atoms with Gasteiger partial charge in [-0.15, -0.1) is 0 Å². The topological polar surface area (TPSA) is 58.6 Å². The summed E-state index contributed by atoms with van der Waals surface area (Å²) < 4.78 is 6.71. The third-order valence-electron chi connectivity index (χ3n) is 6.13. The van der Waals surface area contributed by atoms with Gasteiger partial charge in [0.05, 0.1) is 4.47 Å². The number of hydrogen-bond acceptors (Lipinski definition) is 3. The molecule has 1 N–H and O–H groups in total. The molecule has 38 heavy (non-hydrogen) atoms. The average Bonchev–Trinajstić information content (AvgIpc) is 2.86. The molecule has 3 rings (SSSR count). The van der Waals surface area contributed by atoms with E-state index in [9.17, 15) is 9.59 Å². The van der Waals surface area contributed by atoms with E-state index < -0.39 is 6.04 Å². The minimum atomic E-state index is -0.771. The maximum absolute atomic E-state index is 13.7. The van der Waals surface area contributed by atoms with Gasteiger partial charge in [0.25, 0.3) is 5.91 Å². The van der Waals surface area contributed by atoms with Gasteiger partial charge >= 0.3 is 0 Å². The number of likely N-dealkylation sites (N-methyl/N-ethyl adjacent to an activating group) is 1. The van der Waals surface area contributed by atoms with E-state index in [2.05, 4.69) is 42.0 Å². The molecule has 202 valence electrons. The Kier molecular flexibility index (Phi) is 10.7. The second-order valence-electron chi connectivity index (χ2n) is 10.0. The second-order valence-corrected chi connectivity index (χ2v) is 11.7. The van der Waals surface area contributed by atoms with Crippen molar-refractivity contribution in [1.29, 1.82) is 0 Å². The molecule has 0 saturated heterocycles. The summed E-state index contributed by atoms with van der Waals surface area (Å²) in [5.41, 5.74) is 2.73. The van der Waals surface area contributed by atoms with Gasteiger partial charge in [-0.1, -0.05) is 86.4 Å². The number of benzene rings is 3. The summed E-state index contributed by atoms with van der Waals surface area (Å²) >= 11 is 16.1. The first-order chi connectivity index (χ1) is 18.0. The molecule has 3 aromatic rings. The summed E-state index contributed by atoms with van der Waals surface area (Å²) in [4.78, 5) is 28.5. The van der Waals surface area contributed by atoms with Gasteiger partial charge in [0.15, 0.2) is 6.61 Å². The fraction of sp³-hybridized carbons (Fsp3) is 0.333. The van der Waals surface area contributed by atoms with Crippen molar-refractivity contribution in [2.45, 2.75) is 52.1 Å². The van der Waals surface area contributed by atoms with Gasteiger partial charge in [0.2, 0.25) is 5.91 Å². The highest BCUT2D eigenvalue weighted by atomic mass is 79.9. The molecule has 0 aliphatic rings. The van der Waals surface area contributed by atoms with Crippen molar-refractivity contribution in [3.63, 3.8) is 0 Å². The number of ether oxygens (including phenoxy) is 1. The summed E-state index contributed by atoms with van der Waals surface area (Å²) in [5, 5.41) is 3.79. The number of rotatable bonds is 10. The van der Waals surface area contributed by atoms with Crippen molar-refractivity contribution in [3.05, 3.63) is 97.9 Å². The second kappa shape index (κ2) is 13.5. The number of carbonyl (C=O) groups is 2. The highest BCUT2D eigenvalue weighted by molar-refractivity contribution is 9.10. The van der Waals surface area contributed by atoms with Crippen LogP contribution in [0.15, 0.2) is 71.2 Å². The molecule has 8 heteroatoms. The Hall–Kier alpha value is -2.54. The molecule has 1 unspecified atom stereocenters. The van der Waals surface area contributed by atoms with Crippen LogP contribution in [0.1, 0.15) is 44.4 Å². The summed E-state index contributed by atoms with van der Waals surface area (Å²) in [6.07, 6.45) is 0.341. The monoisotopic (exact) mass is 618 g/mol. The zero-order valence-electron chi connectivity index (χ0n) is 22.1. The minimum absolute atomic E-state index is 0.0250. The van der Waals surface area contributed by atoms with Crippen LogP contribution in [0.3, 0.4) is 0 Å². The van der Waals surface area contributed by atoms with Crippen molar-refractivity contribution in [3.8, 4) is 5.75 Å². The Morgan fingerprint density at radius 2 is 1.74 bits per heavy atom. The molecule has 0 radical (unpaired) electrons. The molecule has 0 aromatic heterocycles. The van der Waals surface area contributed by atoms with Crippen LogP contribution in [0.5, 0.6) is 5.75 Å². The SMILES string of the molecule is CCNC(=O)C(Cc1ccccc1)N(Cc1ccc(Cl)cc1Cl)C(=O)COc1ccc(C(C)(C)C)cc1Br. The maximum atomic E-state index is 13.7. The lowest BCUT2D eigenvalue weighted by atomic mass is 9.87. The maximum Gasteiger partial charge on any atom is 0.261 e. The number of carbonyl (C=O) groups excluding carboxylic acids is 2. The average molecular weight is 620 g/mol. The normalized spacial score (nSPS) is 12.1. The number of hydrogen-bond donors (Lipinski definition) is 1. The van der Waals surface area contributed by atoms with Crippen LogP contribution >= 0.6 is 39.1 Å². The summed E-state index contributed by atoms with van der Waals surface area (Å²) in [6.45, 7) is 8.56. The first kappa shape index (κ1) is 30.0. The van der Waals surface area contributed by atoms with Crippen molar-refractivity contribution >= 4 is 50.9 Å². The highest BCUT2D eigenvalue weighted by Gasteiger charge is 2.31. The summed E-state index contributed by atoms with van der Waals surface area (Å²) in [6, 6.07) is 19.8. The van der Waals surface area contributed by atoms with Crippen molar-refractivity contribution in [2.75, 3.05) is 13.2 Å². The van der Waals surface area contributed by atoms with E-state index in [-0.39, 0.29) is 30.4 Å². The molecular formula is C30H33BrCl2N2O3. The molecule has 0 aliphatic heterocycles. The Bertz CT molecular complexity index is 1260. The lowest BCUT2D eigenvalue weighted by Gasteiger charge is -2.31. The largest absolute Gasteiger partial charge is 0.483 e. The molecule has 1 atom stereocenters. The predicted molar refractivity (Wildman–Crippen MR) is 158 cm³/mol. The van der Waals surface area contributed by atoms with Gasteiger partial charge in [-0.3, -0.25) is 9.59 Å². The van der Waals surface area contributed by atoms with E-state index in [1.54, 1.807) is 18.2 Å². The van der Waals surface area contributed by atoms with Gasteiger partial charge in [0.1, 0.15) is 11.8 Å². The van der Waals surface area contributed by atoms with Crippen LogP contribution in [0.2, 0.25) is 10.0 Å². The fourth-order valence-corrected chi connectivity index (χ4v) is 4.95. The molecule has 3 aromatic carbocycles. The van der Waals surface area contributed by atoms with Crippen LogP contribution < -0.4 is 10.1 Å². The smallest absolute Gasteiger partial charge is 0.261 e. The molecule has 5 nitrogen and oxygen atoms in total. The van der Waals surface area contributed by atoms with Crippen LogP contribution in [0.25, 0.3) is 0 Å². The predicted octanol–water partition coefficient (Wildman–Crippen LogP) is 7.21. The van der Waals surface area contributed by atoms with E-state index in [0.717, 1.165) is 15.6 Å². The molecule has 0 bridgehead atoms. The standard InChI is InChI=1S/C30H33BrCl2N2O3/c1-5-34-29(37)26(15-20-9-7-6-8-10-20)35(18-21-11-13-23(32)17-25(21)33)28(36)19-38-27-14-12-22(16-24(27)31)30(2,3)4/h6-14,16-17,26H,5,15,18-19H2,1-4H3,(H,34,37). The van der Waals surface area contributed by atoms with Crippen LogP contribution in [0, 0.1) is 0 Å². The Labute approximate surface area is 243 Å². The molecular weight excluding hydrogens is 587 g/mol. The molecule has 2 amide bonds. The van der Waals surface area contributed by atoms with Gasteiger partial charge in [-0.05, 0) is 69.2 Å². The van der Waals surface area contributed by atoms with E-state index in [4.69, 9.17) is 27.9 Å². The Balaban J connectivity index is 1.92. The van der Waals surface area contributed by atoms with E-state index in [1.165, 1.54) is 4.90 Å². The van der Waals surface area contributed by atoms with Crippen molar-refractivity contribution in [1.82, 2.24) is 10.2 Å². The molecule has 0 fully saturated rings. The third kappa shape index (κ3) is 8.23. The fourth-order valence-electron chi connectivity index (χ4n) is 3.99. The zero-order chi connectivity index (χ0) is 27.9. The molecule has 0 heterocycles. The van der Waals surface area contributed by atoms with Gasteiger partial charge < -0.3 is 15.0 Å². The van der Waals surface area contributed by atoms with Crippen LogP contribution in [-0.4, -0.2) is 35.9 Å². The van der Waals surface area contributed by atoms with Gasteiger partial charge in [-0.2, -0.15) is 0 Å². The number of halogens is 3. The number of amides is 2.